The Morgan fingerprint density at radius 3 is 2.48 bits per heavy atom. The third-order valence-corrected chi connectivity index (χ3v) is 6.13. The number of carbonyl (C=O) groups is 1. The van der Waals surface area contributed by atoms with E-state index in [1.54, 1.807) is 26.0 Å². The van der Waals surface area contributed by atoms with Crippen LogP contribution in [0.15, 0.2) is 42.5 Å². The predicted molar refractivity (Wildman–Crippen MR) is 116 cm³/mol. The summed E-state index contributed by atoms with van der Waals surface area (Å²) in [7, 11) is 0. The molecule has 2 unspecified atom stereocenters. The van der Waals surface area contributed by atoms with E-state index in [0.29, 0.717) is 5.75 Å². The van der Waals surface area contributed by atoms with Gasteiger partial charge in [0.05, 0.1) is 12.6 Å². The fraction of sp³-hybridized carbons (Fsp3) is 0.435. The predicted octanol–water partition coefficient (Wildman–Crippen LogP) is 5.30. The molecule has 2 aromatic rings. The largest absolute Gasteiger partial charge is 0.331 e. The minimum atomic E-state index is -3.16. The molecule has 1 saturated heterocycles. The highest BCUT2D eigenvalue weighted by Crippen LogP contribution is 2.37. The van der Waals surface area contributed by atoms with E-state index in [4.69, 9.17) is 0 Å². The number of hydrogen-bond acceptors (Lipinski definition) is 3. The Balaban J connectivity index is 2.00. The van der Waals surface area contributed by atoms with Gasteiger partial charge in [0, 0.05) is 22.8 Å². The number of benzene rings is 2. The van der Waals surface area contributed by atoms with Crippen molar-refractivity contribution in [3.05, 3.63) is 59.7 Å². The first-order valence-corrected chi connectivity index (χ1v) is 11.2. The van der Waals surface area contributed by atoms with Crippen LogP contribution in [0, 0.1) is 17.6 Å². The second kappa shape index (κ2) is 9.61. The number of halogens is 4. The number of nitrogens with one attached hydrogen (secondary N) is 1. The van der Waals surface area contributed by atoms with Crippen LogP contribution >= 0.6 is 11.9 Å². The Morgan fingerprint density at radius 1 is 1.16 bits per heavy atom. The van der Waals surface area contributed by atoms with Gasteiger partial charge in [0.25, 0.3) is 5.92 Å². The summed E-state index contributed by atoms with van der Waals surface area (Å²) < 4.78 is 62.1. The summed E-state index contributed by atoms with van der Waals surface area (Å²) in [6.45, 7) is 4.41. The lowest BCUT2D eigenvalue weighted by molar-refractivity contribution is -0.136. The van der Waals surface area contributed by atoms with E-state index in [9.17, 15) is 18.0 Å². The van der Waals surface area contributed by atoms with Crippen LogP contribution in [0.5, 0.6) is 0 Å². The van der Waals surface area contributed by atoms with Gasteiger partial charge in [-0.3, -0.25) is 9.52 Å². The molecule has 8 heteroatoms. The topological polar surface area (TPSA) is 32.3 Å². The van der Waals surface area contributed by atoms with Crippen molar-refractivity contribution in [1.82, 2.24) is 9.62 Å². The van der Waals surface area contributed by atoms with E-state index in [0.717, 1.165) is 16.8 Å². The molecule has 0 radical (unpaired) electrons. The normalized spacial score (nSPS) is 20.5. The zero-order valence-corrected chi connectivity index (χ0v) is 18.5. The van der Waals surface area contributed by atoms with Gasteiger partial charge in [-0.15, -0.1) is 0 Å². The van der Waals surface area contributed by atoms with Crippen molar-refractivity contribution in [2.45, 2.75) is 45.2 Å². The highest BCUT2D eigenvalue weighted by atomic mass is 32.2. The second-order valence-electron chi connectivity index (χ2n) is 7.94. The summed E-state index contributed by atoms with van der Waals surface area (Å²) >= 11 is 1.14. The minimum Gasteiger partial charge on any atom is -0.331 e. The Kier molecular flexibility index (Phi) is 7.31. The number of rotatable bonds is 7. The fourth-order valence-corrected chi connectivity index (χ4v) is 4.57. The lowest BCUT2D eigenvalue weighted by Crippen LogP contribution is -2.48. The quantitative estimate of drug-likeness (QED) is 0.455. The van der Waals surface area contributed by atoms with Crippen LogP contribution < -0.4 is 4.72 Å². The molecule has 1 aliphatic rings. The number of likely N-dealkylation sites (tertiary alicyclic amines) is 1. The van der Waals surface area contributed by atoms with Crippen molar-refractivity contribution in [3.8, 4) is 11.1 Å². The SMILES string of the molecule is CCSNC1C(Cc2cccc(-c3ccccc3F)c2F)N(C(=O)C(C)C)CC1(F)F. The van der Waals surface area contributed by atoms with Crippen molar-refractivity contribution in [2.75, 3.05) is 12.3 Å². The van der Waals surface area contributed by atoms with Crippen LogP contribution in [0.3, 0.4) is 0 Å². The fourth-order valence-electron chi connectivity index (χ4n) is 3.89. The van der Waals surface area contributed by atoms with E-state index in [-0.39, 0.29) is 23.1 Å². The van der Waals surface area contributed by atoms with E-state index < -0.39 is 48.0 Å². The summed E-state index contributed by atoms with van der Waals surface area (Å²) in [5, 5.41) is 0. The number of alkyl halides is 2. The summed E-state index contributed by atoms with van der Waals surface area (Å²) in [5.74, 6) is -4.69. The smallest absolute Gasteiger partial charge is 0.283 e. The maximum absolute atomic E-state index is 15.4. The van der Waals surface area contributed by atoms with Crippen LogP contribution in [-0.2, 0) is 11.2 Å². The molecule has 2 atom stereocenters. The van der Waals surface area contributed by atoms with Gasteiger partial charge in [-0.1, -0.05) is 69.1 Å². The molecule has 0 aromatic heterocycles. The zero-order chi connectivity index (χ0) is 22.8. The molecule has 1 N–H and O–H groups in total. The van der Waals surface area contributed by atoms with Crippen molar-refractivity contribution in [1.29, 1.82) is 0 Å². The summed E-state index contributed by atoms with van der Waals surface area (Å²) in [6, 6.07) is 8.10. The number of nitrogens with zero attached hydrogens (tertiary/aromatic N) is 1. The maximum atomic E-state index is 15.4. The van der Waals surface area contributed by atoms with Gasteiger partial charge < -0.3 is 4.90 Å². The van der Waals surface area contributed by atoms with E-state index in [1.165, 1.54) is 30.3 Å². The number of carbonyl (C=O) groups excluding carboxylic acids is 1. The van der Waals surface area contributed by atoms with Gasteiger partial charge in [-0.05, 0) is 18.1 Å². The number of amides is 1. The first-order valence-electron chi connectivity index (χ1n) is 10.2. The molecule has 2 aromatic carbocycles. The van der Waals surface area contributed by atoms with E-state index in [2.05, 4.69) is 4.72 Å². The van der Waals surface area contributed by atoms with Crippen molar-refractivity contribution >= 4 is 17.9 Å². The molecule has 1 fully saturated rings. The molecule has 3 nitrogen and oxygen atoms in total. The Hall–Kier alpha value is -2.06. The minimum absolute atomic E-state index is 0.0644. The first kappa shape index (κ1) is 23.6. The van der Waals surface area contributed by atoms with E-state index >= 15 is 4.39 Å². The molecule has 31 heavy (non-hydrogen) atoms. The average molecular weight is 455 g/mol. The van der Waals surface area contributed by atoms with Gasteiger partial charge in [0.1, 0.15) is 17.7 Å². The summed E-state index contributed by atoms with van der Waals surface area (Å²) in [5.41, 5.74) is 0.331. The maximum Gasteiger partial charge on any atom is 0.283 e. The monoisotopic (exact) mass is 454 g/mol. The molecule has 0 spiro atoms. The molecule has 1 heterocycles. The Morgan fingerprint density at radius 2 is 1.84 bits per heavy atom. The summed E-state index contributed by atoms with van der Waals surface area (Å²) in [4.78, 5) is 13.8. The van der Waals surface area contributed by atoms with Crippen LogP contribution in [0.25, 0.3) is 11.1 Å². The molecular weight excluding hydrogens is 428 g/mol. The Labute approximate surface area is 184 Å². The van der Waals surface area contributed by atoms with Crippen molar-refractivity contribution in [2.24, 2.45) is 5.92 Å². The molecule has 3 rings (SSSR count). The van der Waals surface area contributed by atoms with Crippen LogP contribution in [0.4, 0.5) is 17.6 Å². The average Bonchev–Trinajstić information content (AvgIpc) is 2.97. The van der Waals surface area contributed by atoms with Gasteiger partial charge >= 0.3 is 0 Å². The molecule has 0 saturated carbocycles. The molecule has 168 valence electrons. The molecule has 1 aliphatic heterocycles. The molecule has 0 aliphatic carbocycles. The summed E-state index contributed by atoms with van der Waals surface area (Å²) in [6.07, 6.45) is -0.107. The molecule has 1 amide bonds. The van der Waals surface area contributed by atoms with Crippen molar-refractivity contribution in [3.63, 3.8) is 0 Å². The van der Waals surface area contributed by atoms with Crippen LogP contribution in [0.2, 0.25) is 0 Å². The van der Waals surface area contributed by atoms with Crippen LogP contribution in [0.1, 0.15) is 26.3 Å². The third kappa shape index (κ3) is 4.90. The number of hydrogen-bond donors (Lipinski definition) is 1. The molecule has 0 bridgehead atoms. The second-order valence-corrected chi connectivity index (χ2v) is 9.04. The van der Waals surface area contributed by atoms with Gasteiger partial charge in [-0.25, -0.2) is 17.6 Å². The highest BCUT2D eigenvalue weighted by molar-refractivity contribution is 7.97. The molecular formula is C23H26F4N2OS. The van der Waals surface area contributed by atoms with Gasteiger partial charge in [0.2, 0.25) is 5.91 Å². The third-order valence-electron chi connectivity index (χ3n) is 5.42. The van der Waals surface area contributed by atoms with Gasteiger partial charge in [0.15, 0.2) is 0 Å². The standard InChI is InChI=1S/C23H26F4N2OS/c1-4-31-28-21-19(29(13-23(21,26)27)22(30)14(2)3)12-15-8-7-10-17(20(15)25)16-9-5-6-11-18(16)24/h5-11,14,19,21,28H,4,12-13H2,1-3H3. The van der Waals surface area contributed by atoms with Crippen LogP contribution in [-0.4, -0.2) is 41.1 Å². The van der Waals surface area contributed by atoms with E-state index in [1.807, 2.05) is 6.92 Å². The zero-order valence-electron chi connectivity index (χ0n) is 17.7. The van der Waals surface area contributed by atoms with Crippen molar-refractivity contribution < 1.29 is 22.4 Å². The van der Waals surface area contributed by atoms with Gasteiger partial charge in [-0.2, -0.15) is 0 Å². The first-order chi connectivity index (χ1) is 14.7. The lowest BCUT2D eigenvalue weighted by Gasteiger charge is -2.29. The Bertz CT molecular complexity index is 938. The highest BCUT2D eigenvalue weighted by Gasteiger charge is 2.56. The lowest BCUT2D eigenvalue weighted by atomic mass is 9.95.